The zero-order valence-electron chi connectivity index (χ0n) is 18.3. The lowest BCUT2D eigenvalue weighted by molar-refractivity contribution is 0.0692. The van der Waals surface area contributed by atoms with Gasteiger partial charge < -0.3 is 20.1 Å². The Morgan fingerprint density at radius 1 is 1.19 bits per heavy atom. The van der Waals surface area contributed by atoms with E-state index in [9.17, 15) is 18.7 Å². The van der Waals surface area contributed by atoms with Gasteiger partial charge in [-0.05, 0) is 69.6 Å². The van der Waals surface area contributed by atoms with Crippen molar-refractivity contribution >= 4 is 34.3 Å². The van der Waals surface area contributed by atoms with Crippen molar-refractivity contribution < 1.29 is 23.4 Å². The number of anilines is 3. The van der Waals surface area contributed by atoms with Gasteiger partial charge in [-0.2, -0.15) is 0 Å². The summed E-state index contributed by atoms with van der Waals surface area (Å²) >= 11 is -2.49. The van der Waals surface area contributed by atoms with E-state index in [4.69, 9.17) is 4.74 Å². The second-order valence-electron chi connectivity index (χ2n) is 8.58. The Balaban J connectivity index is 1.67. The maximum atomic E-state index is 12.5. The summed E-state index contributed by atoms with van der Waals surface area (Å²) in [7, 11) is 4.06. The Kier molecular flexibility index (Phi) is 6.68. The lowest BCUT2D eigenvalue weighted by Gasteiger charge is -2.27. The molecule has 1 aliphatic heterocycles. The van der Waals surface area contributed by atoms with Crippen LogP contribution in [0, 0.1) is 5.92 Å². The molecule has 3 atom stereocenters. The van der Waals surface area contributed by atoms with E-state index in [0.29, 0.717) is 42.1 Å². The van der Waals surface area contributed by atoms with E-state index < -0.39 is 17.2 Å². The second kappa shape index (κ2) is 9.48. The van der Waals surface area contributed by atoms with Gasteiger partial charge in [0.25, 0.3) is 11.3 Å². The summed E-state index contributed by atoms with van der Waals surface area (Å²) in [5, 5.41) is 13.3. The molecule has 4 rings (SSSR count). The van der Waals surface area contributed by atoms with E-state index in [1.807, 2.05) is 32.3 Å². The van der Waals surface area contributed by atoms with E-state index >= 15 is 0 Å². The van der Waals surface area contributed by atoms with Gasteiger partial charge >= 0.3 is 5.97 Å². The fourth-order valence-electron chi connectivity index (χ4n) is 4.29. The van der Waals surface area contributed by atoms with Gasteiger partial charge in [0.15, 0.2) is 0 Å². The molecule has 2 aliphatic rings. The fourth-order valence-corrected chi connectivity index (χ4v) is 4.94. The van der Waals surface area contributed by atoms with Crippen LogP contribution in [0.1, 0.15) is 41.1 Å². The Hall–Kier alpha value is -2.62. The van der Waals surface area contributed by atoms with Crippen LogP contribution in [0.2, 0.25) is 0 Å². The third-order valence-corrected chi connectivity index (χ3v) is 6.69. The molecule has 8 nitrogen and oxygen atoms in total. The van der Waals surface area contributed by atoms with Gasteiger partial charge in [0, 0.05) is 12.5 Å². The quantitative estimate of drug-likeness (QED) is 0.366. The molecule has 0 amide bonds. The van der Waals surface area contributed by atoms with Crippen molar-refractivity contribution in [3.63, 3.8) is 0 Å². The number of ether oxygens (including phenoxy) is 1. The largest absolute Gasteiger partial charge is 0.492 e. The topological polar surface area (TPSA) is 102 Å². The number of nitrogens with zero attached hydrogens (tertiary/aromatic N) is 2. The molecular weight excluding hydrogens is 430 g/mol. The number of carboxylic acid groups (broad SMARTS) is 1. The molecule has 0 aromatic heterocycles. The van der Waals surface area contributed by atoms with Crippen molar-refractivity contribution in [1.29, 1.82) is 0 Å². The highest BCUT2D eigenvalue weighted by Gasteiger charge is 2.45. The van der Waals surface area contributed by atoms with Gasteiger partial charge in [-0.3, -0.25) is 4.55 Å². The number of rotatable bonds is 10. The summed E-state index contributed by atoms with van der Waals surface area (Å²) in [4.78, 5) is 14.4. The van der Waals surface area contributed by atoms with Crippen LogP contribution >= 0.6 is 0 Å². The number of para-hydroxylation sites is 2. The Labute approximate surface area is 190 Å². The molecular formula is C23H29N3O5S. The Morgan fingerprint density at radius 3 is 2.69 bits per heavy atom. The molecule has 32 heavy (non-hydrogen) atoms. The number of carbonyl (C=O) groups is 1. The molecule has 1 heterocycles. The molecule has 1 fully saturated rings. The van der Waals surface area contributed by atoms with E-state index in [1.165, 1.54) is 0 Å². The first-order valence-electron chi connectivity index (χ1n) is 10.8. The van der Waals surface area contributed by atoms with Gasteiger partial charge in [0.1, 0.15) is 11.3 Å². The Morgan fingerprint density at radius 2 is 1.97 bits per heavy atom. The van der Waals surface area contributed by atoms with Crippen molar-refractivity contribution in [2.75, 3.05) is 43.4 Å². The highest BCUT2D eigenvalue weighted by Crippen LogP contribution is 2.56. The zero-order valence-corrected chi connectivity index (χ0v) is 19.1. The fraction of sp³-hybridized carbons (Fsp3) is 0.435. The number of hydrogen-bond donors (Lipinski definition) is 3. The average Bonchev–Trinajstić information content (AvgIpc) is 3.54. The van der Waals surface area contributed by atoms with Crippen molar-refractivity contribution in [1.82, 2.24) is 4.90 Å². The molecule has 0 spiro atoms. The number of unbranched alkanes of at least 4 members (excludes halogenated alkanes) is 1. The van der Waals surface area contributed by atoms with Crippen molar-refractivity contribution in [2.24, 2.45) is 5.92 Å². The number of fused-ring (bicyclic) bond motifs is 3. The molecule has 0 radical (unpaired) electrons. The molecule has 1 saturated carbocycles. The maximum Gasteiger partial charge on any atom is 0.341 e. The Bertz CT molecular complexity index is 1030. The first-order valence-corrected chi connectivity index (χ1v) is 11.9. The molecule has 3 unspecified atom stereocenters. The van der Waals surface area contributed by atoms with E-state index in [-0.39, 0.29) is 11.3 Å². The third-order valence-electron chi connectivity index (χ3n) is 5.99. The lowest BCUT2D eigenvalue weighted by Crippen LogP contribution is -2.24. The standard InChI is InChI=1S/C23H29N3O5S/c1-25(2)12-6-5-11-24-18-7-3-4-8-19(18)26(32(29)30)20-10-9-16-17-13-15(17)14-31-22(16)21(20)23(27)28/h3-4,7-10,15,17,24H,5-6,11-14H2,1-2H3,(H,27,28)(H,29,30). The van der Waals surface area contributed by atoms with Crippen molar-refractivity contribution in [3.05, 3.63) is 47.5 Å². The minimum atomic E-state index is -2.49. The first kappa shape index (κ1) is 22.6. The lowest BCUT2D eigenvalue weighted by atomic mass is 10.00. The first-order chi connectivity index (χ1) is 15.4. The third kappa shape index (κ3) is 4.60. The molecule has 172 valence electrons. The maximum absolute atomic E-state index is 12.5. The van der Waals surface area contributed by atoms with Gasteiger partial charge in [-0.15, -0.1) is 0 Å². The van der Waals surface area contributed by atoms with Crippen molar-refractivity contribution in [3.8, 4) is 5.75 Å². The second-order valence-corrected chi connectivity index (χ2v) is 9.40. The molecule has 0 bridgehead atoms. The van der Waals surface area contributed by atoms with Crippen LogP contribution in [0.5, 0.6) is 5.75 Å². The molecule has 2 aromatic carbocycles. The van der Waals surface area contributed by atoms with Crippen LogP contribution in [0.25, 0.3) is 0 Å². The number of carboxylic acids is 1. The van der Waals surface area contributed by atoms with Crippen LogP contribution < -0.4 is 14.4 Å². The molecule has 2 aromatic rings. The molecule has 9 heteroatoms. The summed E-state index contributed by atoms with van der Waals surface area (Å²) in [6, 6.07) is 10.6. The summed E-state index contributed by atoms with van der Waals surface area (Å²) in [6.07, 6.45) is 2.94. The number of nitrogens with one attached hydrogen (secondary N) is 1. The van der Waals surface area contributed by atoms with E-state index in [0.717, 1.165) is 35.7 Å². The highest BCUT2D eigenvalue weighted by molar-refractivity contribution is 7.81. The van der Waals surface area contributed by atoms with Gasteiger partial charge in [-0.1, -0.05) is 18.2 Å². The predicted octanol–water partition coefficient (Wildman–Crippen LogP) is 3.91. The van der Waals surface area contributed by atoms with Crippen LogP contribution in [0.15, 0.2) is 36.4 Å². The summed E-state index contributed by atoms with van der Waals surface area (Å²) in [5.74, 6) is -0.107. The van der Waals surface area contributed by atoms with E-state index in [2.05, 4.69) is 10.2 Å². The van der Waals surface area contributed by atoms with Crippen LogP contribution in [-0.4, -0.2) is 58.5 Å². The molecule has 0 saturated heterocycles. The molecule has 3 N–H and O–H groups in total. The summed E-state index contributed by atoms with van der Waals surface area (Å²) in [6.45, 7) is 2.16. The average molecular weight is 460 g/mol. The van der Waals surface area contributed by atoms with Crippen LogP contribution in [0.4, 0.5) is 17.1 Å². The monoisotopic (exact) mass is 459 g/mol. The smallest absolute Gasteiger partial charge is 0.341 e. The van der Waals surface area contributed by atoms with Gasteiger partial charge in [-0.25, -0.2) is 13.3 Å². The normalized spacial score (nSPS) is 19.5. The van der Waals surface area contributed by atoms with Crippen LogP contribution in [-0.2, 0) is 11.3 Å². The van der Waals surface area contributed by atoms with E-state index in [1.54, 1.807) is 18.2 Å². The van der Waals surface area contributed by atoms with Gasteiger partial charge in [0.2, 0.25) is 0 Å². The predicted molar refractivity (Wildman–Crippen MR) is 125 cm³/mol. The SMILES string of the molecule is CN(C)CCCCNc1ccccc1N(c1ccc2c(c1C(=O)O)OCC1CC21)S(=O)O. The van der Waals surface area contributed by atoms with Gasteiger partial charge in [0.05, 0.1) is 23.7 Å². The summed E-state index contributed by atoms with van der Waals surface area (Å²) < 4.78 is 29.7. The number of aromatic carboxylic acids is 1. The minimum absolute atomic E-state index is 0.0731. The zero-order chi connectivity index (χ0) is 22.8. The number of benzene rings is 2. The van der Waals surface area contributed by atoms with Crippen LogP contribution in [0.3, 0.4) is 0 Å². The van der Waals surface area contributed by atoms with Crippen molar-refractivity contribution in [2.45, 2.75) is 25.2 Å². The minimum Gasteiger partial charge on any atom is -0.492 e. The highest BCUT2D eigenvalue weighted by atomic mass is 32.2. The molecule has 1 aliphatic carbocycles. The number of hydrogen-bond acceptors (Lipinski definition) is 5. The summed E-state index contributed by atoms with van der Waals surface area (Å²) in [5.41, 5.74) is 2.04.